The van der Waals surface area contributed by atoms with Gasteiger partial charge in [-0.25, -0.2) is 0 Å². The second kappa shape index (κ2) is 7.71. The third kappa shape index (κ3) is 3.76. The van der Waals surface area contributed by atoms with E-state index < -0.39 is 12.0 Å². The third-order valence-electron chi connectivity index (χ3n) is 5.77. The Labute approximate surface area is 178 Å². The van der Waals surface area contributed by atoms with Crippen LogP contribution in [-0.4, -0.2) is 16.7 Å². The second-order valence-electron chi connectivity index (χ2n) is 9.44. The number of pyridine rings is 1. The van der Waals surface area contributed by atoms with Crippen molar-refractivity contribution >= 4 is 23.1 Å². The standard InChI is InChI=1S/C25H29N3O2/c1-16(2)12-22(30)28-20-10-6-5-9-18(20)27-19-13-25(3,4)14-21(29)23(19)24(28)17-8-7-11-26-15-17/h5-11,13,15-16,23-24,27H,12,14H2,1-4H3. The van der Waals surface area contributed by atoms with E-state index in [9.17, 15) is 9.59 Å². The van der Waals surface area contributed by atoms with Gasteiger partial charge in [-0.1, -0.05) is 52.0 Å². The first-order chi connectivity index (χ1) is 14.3. The molecule has 0 spiro atoms. The van der Waals surface area contributed by atoms with Crippen LogP contribution >= 0.6 is 0 Å². The topological polar surface area (TPSA) is 62.3 Å². The summed E-state index contributed by atoms with van der Waals surface area (Å²) < 4.78 is 0. The zero-order chi connectivity index (χ0) is 21.5. The number of benzene rings is 1. The molecule has 2 heterocycles. The van der Waals surface area contributed by atoms with E-state index >= 15 is 0 Å². The number of amides is 1. The first-order valence-corrected chi connectivity index (χ1v) is 10.6. The molecule has 5 heteroatoms. The maximum atomic E-state index is 13.6. The molecular weight excluding hydrogens is 374 g/mol. The molecule has 1 aromatic carbocycles. The second-order valence-corrected chi connectivity index (χ2v) is 9.44. The number of aromatic nitrogens is 1. The molecule has 2 aromatic rings. The summed E-state index contributed by atoms with van der Waals surface area (Å²) in [5.74, 6) is -0.0712. The van der Waals surface area contributed by atoms with E-state index in [1.165, 1.54) is 0 Å². The van der Waals surface area contributed by atoms with E-state index in [-0.39, 0.29) is 23.0 Å². The van der Waals surface area contributed by atoms with Crippen LogP contribution < -0.4 is 10.2 Å². The number of para-hydroxylation sites is 2. The van der Waals surface area contributed by atoms with Crippen LogP contribution in [0, 0.1) is 17.3 Å². The number of ketones is 1. The number of carbonyl (C=O) groups is 2. The van der Waals surface area contributed by atoms with E-state index in [1.807, 2.05) is 55.1 Å². The van der Waals surface area contributed by atoms with Gasteiger partial charge in [-0.2, -0.15) is 0 Å². The minimum atomic E-state index is -0.453. The minimum absolute atomic E-state index is 0.0204. The third-order valence-corrected chi connectivity index (χ3v) is 5.77. The van der Waals surface area contributed by atoms with Crippen LogP contribution in [0.5, 0.6) is 0 Å². The molecule has 156 valence electrons. The number of fused-ring (bicyclic) bond motifs is 2. The highest BCUT2D eigenvalue weighted by atomic mass is 16.2. The average molecular weight is 404 g/mol. The lowest BCUT2D eigenvalue weighted by Crippen LogP contribution is -2.44. The molecule has 1 aliphatic heterocycles. The van der Waals surface area contributed by atoms with Gasteiger partial charge in [0.05, 0.1) is 23.3 Å². The number of nitrogens with zero attached hydrogens (tertiary/aromatic N) is 2. The maximum absolute atomic E-state index is 13.6. The fraction of sp³-hybridized carbons (Fsp3) is 0.400. The Morgan fingerprint density at radius 3 is 2.70 bits per heavy atom. The van der Waals surface area contributed by atoms with E-state index in [2.05, 4.69) is 30.2 Å². The summed E-state index contributed by atoms with van der Waals surface area (Å²) in [6.07, 6.45) is 6.52. The molecule has 0 bridgehead atoms. The molecule has 0 saturated heterocycles. The minimum Gasteiger partial charge on any atom is -0.357 e. The Kier molecular flexibility index (Phi) is 5.22. The first kappa shape index (κ1) is 20.3. The molecule has 0 saturated carbocycles. The number of rotatable bonds is 3. The van der Waals surface area contributed by atoms with Crippen molar-refractivity contribution < 1.29 is 9.59 Å². The van der Waals surface area contributed by atoms with Gasteiger partial charge in [0.25, 0.3) is 0 Å². The van der Waals surface area contributed by atoms with Gasteiger partial charge in [-0.05, 0) is 35.1 Å². The molecule has 2 unspecified atom stereocenters. The van der Waals surface area contributed by atoms with E-state index in [0.29, 0.717) is 12.8 Å². The molecule has 2 aliphatic rings. The van der Waals surface area contributed by atoms with Gasteiger partial charge in [-0.3, -0.25) is 14.6 Å². The van der Waals surface area contributed by atoms with Crippen LogP contribution in [0.1, 0.15) is 52.1 Å². The van der Waals surface area contributed by atoms with Crippen molar-refractivity contribution in [3.8, 4) is 0 Å². The van der Waals surface area contributed by atoms with Crippen molar-refractivity contribution in [2.75, 3.05) is 10.2 Å². The SMILES string of the molecule is CC(C)CC(=O)N1c2ccccc2NC2=CC(C)(C)CC(=O)C2C1c1cccnc1. The molecule has 2 atom stereocenters. The highest BCUT2D eigenvalue weighted by Crippen LogP contribution is 2.48. The van der Waals surface area contributed by atoms with Crippen molar-refractivity contribution in [1.29, 1.82) is 0 Å². The van der Waals surface area contributed by atoms with Crippen molar-refractivity contribution in [2.24, 2.45) is 17.3 Å². The number of anilines is 2. The van der Waals surface area contributed by atoms with Crippen LogP contribution in [0.25, 0.3) is 0 Å². The van der Waals surface area contributed by atoms with Crippen LogP contribution in [0.15, 0.2) is 60.6 Å². The van der Waals surface area contributed by atoms with Gasteiger partial charge in [0.2, 0.25) is 5.91 Å². The molecule has 0 fully saturated rings. The van der Waals surface area contributed by atoms with Crippen LogP contribution in [0.3, 0.4) is 0 Å². The summed E-state index contributed by atoms with van der Waals surface area (Å²) in [5.41, 5.74) is 3.16. The Morgan fingerprint density at radius 2 is 2.00 bits per heavy atom. The van der Waals surface area contributed by atoms with Gasteiger partial charge in [0.1, 0.15) is 5.78 Å². The lowest BCUT2D eigenvalue weighted by atomic mass is 9.72. The van der Waals surface area contributed by atoms with Gasteiger partial charge in [0.15, 0.2) is 0 Å². The molecule has 1 aromatic heterocycles. The summed E-state index contributed by atoms with van der Waals surface area (Å²) in [6.45, 7) is 8.23. The molecule has 1 aliphatic carbocycles. The van der Waals surface area contributed by atoms with E-state index in [0.717, 1.165) is 22.6 Å². The average Bonchev–Trinajstić information content (AvgIpc) is 2.81. The van der Waals surface area contributed by atoms with Crippen molar-refractivity contribution in [3.05, 3.63) is 66.1 Å². The van der Waals surface area contributed by atoms with Crippen LogP contribution in [0.2, 0.25) is 0 Å². The Bertz CT molecular complexity index is 994. The largest absolute Gasteiger partial charge is 0.357 e. The summed E-state index contributed by atoms with van der Waals surface area (Å²) in [6, 6.07) is 11.2. The number of nitrogens with one attached hydrogen (secondary N) is 1. The van der Waals surface area contributed by atoms with Crippen molar-refractivity contribution in [2.45, 2.75) is 46.6 Å². The maximum Gasteiger partial charge on any atom is 0.227 e. The monoisotopic (exact) mass is 403 g/mol. The molecule has 1 N–H and O–H groups in total. The van der Waals surface area contributed by atoms with Gasteiger partial charge < -0.3 is 10.2 Å². The lowest BCUT2D eigenvalue weighted by Gasteiger charge is -2.39. The van der Waals surface area contributed by atoms with Gasteiger partial charge >= 0.3 is 0 Å². The highest BCUT2D eigenvalue weighted by Gasteiger charge is 2.46. The smallest absolute Gasteiger partial charge is 0.227 e. The lowest BCUT2D eigenvalue weighted by molar-refractivity contribution is -0.125. The fourth-order valence-corrected chi connectivity index (χ4v) is 4.63. The Hall–Kier alpha value is -2.95. The zero-order valence-electron chi connectivity index (χ0n) is 18.1. The Morgan fingerprint density at radius 1 is 1.23 bits per heavy atom. The number of carbonyl (C=O) groups excluding carboxylic acids is 2. The molecule has 30 heavy (non-hydrogen) atoms. The normalized spacial score (nSPS) is 22.5. The van der Waals surface area contributed by atoms with Crippen LogP contribution in [0.4, 0.5) is 11.4 Å². The summed E-state index contributed by atoms with van der Waals surface area (Å²) in [7, 11) is 0. The molecule has 0 radical (unpaired) electrons. The van der Waals surface area contributed by atoms with Gasteiger partial charge in [0, 0.05) is 30.9 Å². The fourth-order valence-electron chi connectivity index (χ4n) is 4.63. The molecular formula is C25H29N3O2. The number of hydrogen-bond acceptors (Lipinski definition) is 4. The summed E-state index contributed by atoms with van der Waals surface area (Å²) in [4.78, 5) is 33.2. The number of allylic oxidation sites excluding steroid dienone is 1. The summed E-state index contributed by atoms with van der Waals surface area (Å²) >= 11 is 0. The highest BCUT2D eigenvalue weighted by molar-refractivity contribution is 6.01. The van der Waals surface area contributed by atoms with Gasteiger partial charge in [-0.15, -0.1) is 0 Å². The van der Waals surface area contributed by atoms with Crippen LogP contribution in [-0.2, 0) is 9.59 Å². The van der Waals surface area contributed by atoms with E-state index in [4.69, 9.17) is 0 Å². The number of Topliss-reactive ketones (excluding diaryl/α,β-unsaturated/α-hetero) is 1. The molecule has 1 amide bonds. The Balaban J connectivity index is 1.97. The van der Waals surface area contributed by atoms with E-state index in [1.54, 1.807) is 12.4 Å². The quantitative estimate of drug-likeness (QED) is 0.772. The predicted octanol–water partition coefficient (Wildman–Crippen LogP) is 5.13. The molecule has 5 nitrogen and oxygen atoms in total. The first-order valence-electron chi connectivity index (χ1n) is 10.6. The van der Waals surface area contributed by atoms with Crippen molar-refractivity contribution in [1.82, 2.24) is 4.98 Å². The van der Waals surface area contributed by atoms with Crippen molar-refractivity contribution in [3.63, 3.8) is 0 Å². The number of hydrogen-bond donors (Lipinski definition) is 1. The predicted molar refractivity (Wildman–Crippen MR) is 119 cm³/mol. The molecule has 4 rings (SSSR count). The zero-order valence-corrected chi connectivity index (χ0v) is 18.1. The summed E-state index contributed by atoms with van der Waals surface area (Å²) in [5, 5.41) is 3.51.